The van der Waals surface area contributed by atoms with Crippen LogP contribution in [0.3, 0.4) is 0 Å². The Morgan fingerprint density at radius 1 is 1.53 bits per heavy atom. The van der Waals surface area contributed by atoms with E-state index in [-0.39, 0.29) is 0 Å². The zero-order valence-electron chi connectivity index (χ0n) is 8.80. The molecule has 0 spiro atoms. The molecule has 2 heterocycles. The standard InChI is InChI=1S/C10H13N3OS/c1-8-10(15-7-11-8)3-4-14-9-5-12-13(2)6-9/h5-7H,3-4H2,1-2H3. The molecule has 80 valence electrons. The van der Waals surface area contributed by atoms with Gasteiger partial charge in [0.05, 0.1) is 30.2 Å². The fourth-order valence-corrected chi connectivity index (χ4v) is 2.06. The van der Waals surface area contributed by atoms with E-state index in [0.29, 0.717) is 6.61 Å². The molecular weight excluding hydrogens is 210 g/mol. The van der Waals surface area contributed by atoms with Crippen LogP contribution in [0.1, 0.15) is 10.6 Å². The molecule has 0 bridgehead atoms. The molecule has 4 nitrogen and oxygen atoms in total. The van der Waals surface area contributed by atoms with E-state index in [0.717, 1.165) is 17.9 Å². The molecule has 0 aliphatic carbocycles. The molecule has 0 atom stereocenters. The maximum absolute atomic E-state index is 5.55. The predicted octanol–water partition coefficient (Wildman–Crippen LogP) is 1.81. The van der Waals surface area contributed by atoms with Crippen LogP contribution in [0.4, 0.5) is 0 Å². The van der Waals surface area contributed by atoms with E-state index in [4.69, 9.17) is 4.74 Å². The first-order valence-corrected chi connectivity index (χ1v) is 5.64. The quantitative estimate of drug-likeness (QED) is 0.793. The summed E-state index contributed by atoms with van der Waals surface area (Å²) in [4.78, 5) is 5.48. The maximum Gasteiger partial charge on any atom is 0.157 e. The molecule has 0 radical (unpaired) electrons. The molecular formula is C10H13N3OS. The molecule has 0 saturated carbocycles. The third-order valence-electron chi connectivity index (χ3n) is 2.12. The molecule has 0 N–H and O–H groups in total. The lowest BCUT2D eigenvalue weighted by molar-refractivity contribution is 0.322. The van der Waals surface area contributed by atoms with Crippen LogP contribution in [0, 0.1) is 6.92 Å². The highest BCUT2D eigenvalue weighted by Gasteiger charge is 2.02. The Labute approximate surface area is 92.5 Å². The second-order valence-electron chi connectivity index (χ2n) is 3.31. The van der Waals surface area contributed by atoms with Crippen molar-refractivity contribution >= 4 is 11.3 Å². The maximum atomic E-state index is 5.55. The Bertz CT molecular complexity index is 435. The largest absolute Gasteiger partial charge is 0.490 e. The van der Waals surface area contributed by atoms with Crippen molar-refractivity contribution in [1.29, 1.82) is 0 Å². The second-order valence-corrected chi connectivity index (χ2v) is 4.25. The van der Waals surface area contributed by atoms with Crippen molar-refractivity contribution in [3.63, 3.8) is 0 Å². The summed E-state index contributed by atoms with van der Waals surface area (Å²) in [6.07, 6.45) is 4.49. The highest BCUT2D eigenvalue weighted by molar-refractivity contribution is 7.09. The first-order valence-electron chi connectivity index (χ1n) is 4.76. The van der Waals surface area contributed by atoms with Gasteiger partial charge in [0.15, 0.2) is 5.75 Å². The van der Waals surface area contributed by atoms with Gasteiger partial charge < -0.3 is 4.74 Å². The van der Waals surface area contributed by atoms with Crippen LogP contribution in [0.5, 0.6) is 5.75 Å². The summed E-state index contributed by atoms with van der Waals surface area (Å²) in [6.45, 7) is 2.70. The number of hydrogen-bond donors (Lipinski definition) is 0. The molecule has 15 heavy (non-hydrogen) atoms. The first kappa shape index (κ1) is 10.2. The molecule has 0 amide bonds. The summed E-state index contributed by atoms with van der Waals surface area (Å²) in [5.74, 6) is 0.819. The van der Waals surface area contributed by atoms with Crippen molar-refractivity contribution < 1.29 is 4.74 Å². The normalized spacial score (nSPS) is 10.5. The minimum atomic E-state index is 0.675. The van der Waals surface area contributed by atoms with Gasteiger partial charge >= 0.3 is 0 Å². The SMILES string of the molecule is Cc1ncsc1CCOc1cnn(C)c1. The predicted molar refractivity (Wildman–Crippen MR) is 59.3 cm³/mol. The van der Waals surface area contributed by atoms with Crippen molar-refractivity contribution in [3.05, 3.63) is 28.5 Å². The molecule has 0 aliphatic rings. The summed E-state index contributed by atoms with van der Waals surface area (Å²) in [5.41, 5.74) is 2.98. The Balaban J connectivity index is 1.83. The fourth-order valence-electron chi connectivity index (χ4n) is 1.30. The van der Waals surface area contributed by atoms with E-state index in [1.165, 1.54) is 4.88 Å². The highest BCUT2D eigenvalue weighted by atomic mass is 32.1. The molecule has 0 fully saturated rings. The summed E-state index contributed by atoms with van der Waals surface area (Å²) < 4.78 is 7.28. The van der Waals surface area contributed by atoms with Crippen LogP contribution in [0.25, 0.3) is 0 Å². The third-order valence-corrected chi connectivity index (χ3v) is 3.12. The van der Waals surface area contributed by atoms with Gasteiger partial charge in [-0.05, 0) is 6.92 Å². The van der Waals surface area contributed by atoms with E-state index in [9.17, 15) is 0 Å². The second kappa shape index (κ2) is 4.44. The summed E-state index contributed by atoms with van der Waals surface area (Å²) in [7, 11) is 1.88. The van der Waals surface area contributed by atoms with Crippen molar-refractivity contribution in [2.24, 2.45) is 7.05 Å². The van der Waals surface area contributed by atoms with Crippen LogP contribution < -0.4 is 4.74 Å². The van der Waals surface area contributed by atoms with E-state index in [1.54, 1.807) is 22.2 Å². The Kier molecular flexibility index (Phi) is 3.01. The van der Waals surface area contributed by atoms with E-state index < -0.39 is 0 Å². The number of thiazole rings is 1. The smallest absolute Gasteiger partial charge is 0.157 e. The summed E-state index contributed by atoms with van der Waals surface area (Å²) >= 11 is 1.68. The fraction of sp³-hybridized carbons (Fsp3) is 0.400. The van der Waals surface area contributed by atoms with Crippen LogP contribution >= 0.6 is 11.3 Å². The van der Waals surface area contributed by atoms with Gasteiger partial charge in [0.25, 0.3) is 0 Å². The Hall–Kier alpha value is -1.36. The molecule has 5 heteroatoms. The first-order chi connectivity index (χ1) is 7.25. The van der Waals surface area contributed by atoms with Crippen LogP contribution in [0.2, 0.25) is 0 Å². The van der Waals surface area contributed by atoms with E-state index in [1.807, 2.05) is 25.7 Å². The molecule has 2 aromatic rings. The van der Waals surface area contributed by atoms with Crippen molar-refractivity contribution in [1.82, 2.24) is 14.8 Å². The van der Waals surface area contributed by atoms with E-state index >= 15 is 0 Å². The monoisotopic (exact) mass is 223 g/mol. The third kappa shape index (κ3) is 2.56. The minimum Gasteiger partial charge on any atom is -0.490 e. The lowest BCUT2D eigenvalue weighted by atomic mass is 10.3. The number of rotatable bonds is 4. The van der Waals surface area contributed by atoms with Crippen molar-refractivity contribution in [2.45, 2.75) is 13.3 Å². The number of aromatic nitrogens is 3. The van der Waals surface area contributed by atoms with Gasteiger partial charge in [0.2, 0.25) is 0 Å². The summed E-state index contributed by atoms with van der Waals surface area (Å²) in [6, 6.07) is 0. The van der Waals surface area contributed by atoms with Crippen LogP contribution in [-0.2, 0) is 13.5 Å². The Morgan fingerprint density at radius 2 is 2.40 bits per heavy atom. The topological polar surface area (TPSA) is 39.9 Å². The number of aryl methyl sites for hydroxylation is 2. The van der Waals surface area contributed by atoms with Crippen LogP contribution in [-0.4, -0.2) is 21.4 Å². The number of ether oxygens (including phenoxy) is 1. The molecule has 0 aromatic carbocycles. The minimum absolute atomic E-state index is 0.675. The van der Waals surface area contributed by atoms with Crippen molar-refractivity contribution in [3.8, 4) is 5.75 Å². The molecule has 0 saturated heterocycles. The van der Waals surface area contributed by atoms with Gasteiger partial charge in [-0.15, -0.1) is 11.3 Å². The van der Waals surface area contributed by atoms with Gasteiger partial charge in [0.1, 0.15) is 0 Å². The lowest BCUT2D eigenvalue weighted by Gasteiger charge is -2.01. The van der Waals surface area contributed by atoms with Crippen molar-refractivity contribution in [2.75, 3.05) is 6.61 Å². The van der Waals surface area contributed by atoms with Gasteiger partial charge in [-0.25, -0.2) is 4.98 Å². The number of hydrogen-bond acceptors (Lipinski definition) is 4. The molecule has 2 aromatic heterocycles. The highest BCUT2D eigenvalue weighted by Crippen LogP contribution is 2.14. The molecule has 0 unspecified atom stereocenters. The zero-order chi connectivity index (χ0) is 10.7. The van der Waals surface area contributed by atoms with Gasteiger partial charge in [-0.3, -0.25) is 4.68 Å². The Morgan fingerprint density at radius 3 is 3.00 bits per heavy atom. The van der Waals surface area contributed by atoms with Gasteiger partial charge in [0, 0.05) is 18.3 Å². The van der Waals surface area contributed by atoms with Crippen LogP contribution in [0.15, 0.2) is 17.9 Å². The zero-order valence-corrected chi connectivity index (χ0v) is 9.62. The number of nitrogens with zero attached hydrogens (tertiary/aromatic N) is 3. The summed E-state index contributed by atoms with van der Waals surface area (Å²) in [5, 5.41) is 4.03. The van der Waals surface area contributed by atoms with Gasteiger partial charge in [-0.1, -0.05) is 0 Å². The average Bonchev–Trinajstić information content (AvgIpc) is 2.77. The lowest BCUT2D eigenvalue weighted by Crippen LogP contribution is -2.00. The van der Waals surface area contributed by atoms with Gasteiger partial charge in [-0.2, -0.15) is 5.10 Å². The van der Waals surface area contributed by atoms with E-state index in [2.05, 4.69) is 10.1 Å². The average molecular weight is 223 g/mol. The molecule has 2 rings (SSSR count). The molecule has 0 aliphatic heterocycles.